The zero-order valence-corrected chi connectivity index (χ0v) is 14.4. The molecule has 0 aliphatic carbocycles. The molecule has 1 N–H and O–H groups in total. The molecule has 0 aromatic carbocycles. The summed E-state index contributed by atoms with van der Waals surface area (Å²) in [6, 6.07) is -0.784. The standard InChI is InChI=1S/C12H16BrNO3S2/c1-5(2)18-7-6(13)10-14(9(7)15)8(11(16)17)12(3,4)19-10/h5,8,10H,1-4H3,(H,16,17)/t8-,10+/m0/s1. The van der Waals surface area contributed by atoms with Gasteiger partial charge in [-0.1, -0.05) is 29.8 Å². The van der Waals surface area contributed by atoms with Gasteiger partial charge in [0, 0.05) is 14.5 Å². The van der Waals surface area contributed by atoms with Crippen LogP contribution in [0.3, 0.4) is 0 Å². The van der Waals surface area contributed by atoms with E-state index in [1.807, 2.05) is 27.7 Å². The molecule has 2 atom stereocenters. The van der Waals surface area contributed by atoms with Gasteiger partial charge in [-0.05, 0) is 13.8 Å². The van der Waals surface area contributed by atoms with Gasteiger partial charge in [0.15, 0.2) is 0 Å². The molecule has 0 spiro atoms. The van der Waals surface area contributed by atoms with Crippen LogP contribution < -0.4 is 0 Å². The molecule has 2 aliphatic heterocycles. The van der Waals surface area contributed by atoms with E-state index in [9.17, 15) is 14.7 Å². The van der Waals surface area contributed by atoms with Crippen LogP contribution >= 0.6 is 39.5 Å². The summed E-state index contributed by atoms with van der Waals surface area (Å²) in [7, 11) is 0. The quantitative estimate of drug-likeness (QED) is 0.833. The molecule has 0 saturated carbocycles. The topological polar surface area (TPSA) is 57.6 Å². The second-order valence-electron chi connectivity index (χ2n) is 5.37. The Bertz CT molecular complexity index is 476. The third kappa shape index (κ3) is 2.45. The number of hydrogen-bond donors (Lipinski definition) is 1. The molecule has 106 valence electrons. The molecule has 1 amide bonds. The van der Waals surface area contributed by atoms with E-state index in [0.717, 1.165) is 4.48 Å². The Morgan fingerprint density at radius 2 is 2.11 bits per heavy atom. The van der Waals surface area contributed by atoms with Crippen LogP contribution in [0.1, 0.15) is 27.7 Å². The molecule has 2 rings (SSSR count). The minimum atomic E-state index is -0.940. The smallest absolute Gasteiger partial charge is 0.327 e. The van der Waals surface area contributed by atoms with Gasteiger partial charge in [0.2, 0.25) is 0 Å². The zero-order chi connectivity index (χ0) is 14.5. The van der Waals surface area contributed by atoms with E-state index in [4.69, 9.17) is 0 Å². The highest BCUT2D eigenvalue weighted by Crippen LogP contribution is 2.54. The molecule has 0 aromatic heterocycles. The average molecular weight is 366 g/mol. The third-order valence-corrected chi connectivity index (χ3v) is 7.07. The van der Waals surface area contributed by atoms with Crippen LogP contribution in [-0.2, 0) is 9.59 Å². The molecular weight excluding hydrogens is 350 g/mol. The van der Waals surface area contributed by atoms with Crippen molar-refractivity contribution in [3.05, 3.63) is 9.39 Å². The maximum atomic E-state index is 12.5. The Morgan fingerprint density at radius 3 is 2.58 bits per heavy atom. The lowest BCUT2D eigenvalue weighted by molar-refractivity contribution is -0.148. The van der Waals surface area contributed by atoms with Gasteiger partial charge in [0.05, 0.1) is 4.91 Å². The number of hydrogen-bond acceptors (Lipinski definition) is 4. The minimum absolute atomic E-state index is 0.166. The number of carbonyl (C=O) groups is 2. The molecular formula is C12H16BrNO3S2. The van der Waals surface area contributed by atoms with Gasteiger partial charge < -0.3 is 10.0 Å². The molecule has 2 aliphatic rings. The second-order valence-corrected chi connectivity index (χ2v) is 9.55. The SMILES string of the molecule is CC(C)SC1=C(Br)[C@H]2SC(C)(C)[C@H](C(=O)O)N2C1=O. The summed E-state index contributed by atoms with van der Waals surface area (Å²) in [5, 5.41) is 9.50. The molecule has 7 heteroatoms. The first-order valence-corrected chi connectivity index (χ1v) is 8.51. The molecule has 0 aromatic rings. The first-order valence-electron chi connectivity index (χ1n) is 5.96. The molecule has 2 heterocycles. The Kier molecular flexibility index (Phi) is 4.02. The summed E-state index contributed by atoms with van der Waals surface area (Å²) < 4.78 is 0.331. The van der Waals surface area contributed by atoms with Crippen LogP contribution in [0.15, 0.2) is 9.39 Å². The van der Waals surface area contributed by atoms with Crippen molar-refractivity contribution in [1.82, 2.24) is 4.90 Å². The Balaban J connectivity index is 2.38. The monoisotopic (exact) mass is 365 g/mol. The van der Waals surface area contributed by atoms with Crippen molar-refractivity contribution in [2.45, 2.75) is 49.1 Å². The Hall–Kier alpha value is -0.140. The van der Waals surface area contributed by atoms with Gasteiger partial charge >= 0.3 is 5.97 Å². The van der Waals surface area contributed by atoms with E-state index >= 15 is 0 Å². The molecule has 0 radical (unpaired) electrons. The fraction of sp³-hybridized carbons (Fsp3) is 0.667. The van der Waals surface area contributed by atoms with E-state index in [2.05, 4.69) is 15.9 Å². The molecule has 0 unspecified atom stereocenters. The van der Waals surface area contributed by atoms with E-state index in [1.54, 1.807) is 0 Å². The van der Waals surface area contributed by atoms with E-state index in [1.165, 1.54) is 28.4 Å². The maximum Gasteiger partial charge on any atom is 0.327 e. The number of nitrogens with zero attached hydrogens (tertiary/aromatic N) is 1. The lowest BCUT2D eigenvalue weighted by atomic mass is 10.0. The van der Waals surface area contributed by atoms with Gasteiger partial charge in [0.1, 0.15) is 11.4 Å². The average Bonchev–Trinajstić information content (AvgIpc) is 2.64. The van der Waals surface area contributed by atoms with Crippen molar-refractivity contribution in [2.75, 3.05) is 0 Å². The highest BCUT2D eigenvalue weighted by molar-refractivity contribution is 9.12. The summed E-state index contributed by atoms with van der Waals surface area (Å²) in [5.74, 6) is -1.11. The van der Waals surface area contributed by atoms with Gasteiger partial charge in [-0.2, -0.15) is 0 Å². The van der Waals surface area contributed by atoms with Crippen molar-refractivity contribution in [1.29, 1.82) is 0 Å². The van der Waals surface area contributed by atoms with Crippen LogP contribution in [0.4, 0.5) is 0 Å². The molecule has 4 nitrogen and oxygen atoms in total. The Morgan fingerprint density at radius 1 is 1.53 bits per heavy atom. The van der Waals surface area contributed by atoms with Crippen molar-refractivity contribution in [3.63, 3.8) is 0 Å². The summed E-state index contributed by atoms with van der Waals surface area (Å²) >= 11 is 6.50. The highest BCUT2D eigenvalue weighted by Gasteiger charge is 2.58. The van der Waals surface area contributed by atoms with E-state index in [0.29, 0.717) is 4.91 Å². The van der Waals surface area contributed by atoms with Crippen LogP contribution in [-0.4, -0.2) is 43.3 Å². The molecule has 19 heavy (non-hydrogen) atoms. The van der Waals surface area contributed by atoms with Crippen molar-refractivity contribution < 1.29 is 14.7 Å². The summed E-state index contributed by atoms with van der Waals surface area (Å²) in [5.41, 5.74) is 0. The minimum Gasteiger partial charge on any atom is -0.480 e. The number of fused-ring (bicyclic) bond motifs is 1. The van der Waals surface area contributed by atoms with Crippen molar-refractivity contribution >= 4 is 51.3 Å². The maximum absolute atomic E-state index is 12.5. The normalized spacial score (nSPS) is 29.4. The predicted octanol–water partition coefficient (Wildman–Crippen LogP) is 2.88. The summed E-state index contributed by atoms with van der Waals surface area (Å²) in [6.45, 7) is 7.77. The summed E-state index contributed by atoms with van der Waals surface area (Å²) in [6.07, 6.45) is 0. The number of aliphatic carboxylic acids is 1. The van der Waals surface area contributed by atoms with Crippen LogP contribution in [0.2, 0.25) is 0 Å². The molecule has 0 bridgehead atoms. The number of carboxylic acids is 1. The summed E-state index contributed by atoms with van der Waals surface area (Å²) in [4.78, 5) is 26.1. The number of thioether (sulfide) groups is 2. The fourth-order valence-corrected chi connectivity index (χ4v) is 5.77. The second kappa shape index (κ2) is 5.00. The van der Waals surface area contributed by atoms with Crippen LogP contribution in [0.5, 0.6) is 0 Å². The molecule has 1 saturated heterocycles. The molecule has 1 fully saturated rings. The largest absolute Gasteiger partial charge is 0.480 e. The first kappa shape index (κ1) is 15.3. The predicted molar refractivity (Wildman–Crippen MR) is 82.4 cm³/mol. The number of carboxylic acid groups (broad SMARTS) is 1. The lowest BCUT2D eigenvalue weighted by Crippen LogP contribution is -2.48. The number of carbonyl (C=O) groups excluding carboxylic acids is 1. The van der Waals surface area contributed by atoms with E-state index < -0.39 is 16.8 Å². The van der Waals surface area contributed by atoms with Gasteiger partial charge in [-0.25, -0.2) is 4.79 Å². The van der Waals surface area contributed by atoms with Crippen LogP contribution in [0.25, 0.3) is 0 Å². The lowest BCUT2D eigenvalue weighted by Gasteiger charge is -2.27. The number of amides is 1. The first-order chi connectivity index (χ1) is 8.66. The van der Waals surface area contributed by atoms with Gasteiger partial charge in [-0.3, -0.25) is 4.79 Å². The highest BCUT2D eigenvalue weighted by atomic mass is 79.9. The number of rotatable bonds is 3. The van der Waals surface area contributed by atoms with E-state index in [-0.39, 0.29) is 16.5 Å². The Labute approximate surface area is 129 Å². The zero-order valence-electron chi connectivity index (χ0n) is 11.1. The fourth-order valence-electron chi connectivity index (χ4n) is 2.37. The van der Waals surface area contributed by atoms with Crippen LogP contribution in [0, 0.1) is 0 Å². The van der Waals surface area contributed by atoms with Crippen molar-refractivity contribution in [2.24, 2.45) is 0 Å². The van der Waals surface area contributed by atoms with Crippen molar-refractivity contribution in [3.8, 4) is 0 Å². The van der Waals surface area contributed by atoms with Gasteiger partial charge in [-0.15, -0.1) is 23.5 Å². The van der Waals surface area contributed by atoms with Gasteiger partial charge in [0.25, 0.3) is 5.91 Å². The number of halogens is 1. The third-order valence-electron chi connectivity index (χ3n) is 3.05.